The summed E-state index contributed by atoms with van der Waals surface area (Å²) in [6.45, 7) is 8.81. The second-order valence-corrected chi connectivity index (χ2v) is 10.3. The van der Waals surface area contributed by atoms with Gasteiger partial charge in [-0.05, 0) is 49.2 Å². The van der Waals surface area contributed by atoms with Crippen LogP contribution in [-0.2, 0) is 16.0 Å². The summed E-state index contributed by atoms with van der Waals surface area (Å²) in [6, 6.07) is 9.09. The Kier molecular flexibility index (Phi) is 11.5. The Morgan fingerprint density at radius 2 is 1.90 bits per heavy atom. The van der Waals surface area contributed by atoms with Crippen molar-refractivity contribution >= 4 is 46.0 Å². The van der Waals surface area contributed by atoms with Crippen LogP contribution < -0.4 is 4.74 Å². The summed E-state index contributed by atoms with van der Waals surface area (Å²) in [7, 11) is 1.71. The molecular formula is C30H34Cl2FN5O3. The van der Waals surface area contributed by atoms with Crippen LogP contribution in [-0.4, -0.2) is 65.1 Å². The van der Waals surface area contributed by atoms with E-state index < -0.39 is 11.9 Å². The van der Waals surface area contributed by atoms with Crippen LogP contribution in [0.15, 0.2) is 48.9 Å². The van der Waals surface area contributed by atoms with Crippen molar-refractivity contribution in [2.45, 2.75) is 32.9 Å². The summed E-state index contributed by atoms with van der Waals surface area (Å²) in [5.74, 6) is 0.0536. The highest BCUT2D eigenvalue weighted by Crippen LogP contribution is 2.34. The minimum atomic E-state index is -0.477. The molecule has 0 spiro atoms. The third kappa shape index (κ3) is 8.47. The van der Waals surface area contributed by atoms with Gasteiger partial charge in [0.25, 0.3) is 0 Å². The van der Waals surface area contributed by atoms with Gasteiger partial charge in [0.05, 0.1) is 34.5 Å². The van der Waals surface area contributed by atoms with Crippen molar-refractivity contribution in [1.29, 1.82) is 0 Å². The molecule has 1 saturated heterocycles. The van der Waals surface area contributed by atoms with Crippen molar-refractivity contribution in [2.75, 3.05) is 40.0 Å². The standard InChI is InChI=1S/C26H24Cl2FN5O2.C4H10O/c1-16(25-21(27)13-30-14-22(25)28)36-19-4-5-24-20(11-19)26(33-32-24)23(29)10-17-2-3-18(31-12-17)15-34-6-8-35-9-7-34;1-3-4-5-2/h2-5,10-14,16H,6-9,15H2,1H3,(H,32,33);3-4H2,1-2H3/b23-10-;. The highest BCUT2D eigenvalue weighted by atomic mass is 35.5. The van der Waals surface area contributed by atoms with Crippen LogP contribution >= 0.6 is 23.2 Å². The number of halogens is 3. The first-order valence-corrected chi connectivity index (χ1v) is 14.2. The number of benzene rings is 1. The molecule has 1 aliphatic heterocycles. The predicted octanol–water partition coefficient (Wildman–Crippen LogP) is 7.14. The second kappa shape index (κ2) is 15.2. The maximum Gasteiger partial charge on any atom is 0.151 e. The number of hydrogen-bond donors (Lipinski definition) is 1. The molecule has 5 rings (SSSR count). The first-order chi connectivity index (χ1) is 19.9. The predicted molar refractivity (Wildman–Crippen MR) is 161 cm³/mol. The Morgan fingerprint density at radius 1 is 1.15 bits per heavy atom. The molecule has 1 unspecified atom stereocenters. The smallest absolute Gasteiger partial charge is 0.151 e. The molecule has 0 radical (unpaired) electrons. The Balaban J connectivity index is 0.000000714. The minimum Gasteiger partial charge on any atom is -0.486 e. The van der Waals surface area contributed by atoms with Crippen LogP contribution in [0.3, 0.4) is 0 Å². The fourth-order valence-corrected chi connectivity index (χ4v) is 5.02. The lowest BCUT2D eigenvalue weighted by Crippen LogP contribution is -2.35. The maximum atomic E-state index is 15.3. The van der Waals surface area contributed by atoms with Gasteiger partial charge in [0.1, 0.15) is 17.5 Å². The molecule has 0 amide bonds. The van der Waals surface area contributed by atoms with E-state index in [4.69, 9.17) is 37.4 Å². The Bertz CT molecular complexity index is 1420. The molecule has 8 nitrogen and oxygen atoms in total. The molecule has 1 atom stereocenters. The highest BCUT2D eigenvalue weighted by molar-refractivity contribution is 6.35. The quantitative estimate of drug-likeness (QED) is 0.218. The first kappa shape index (κ1) is 30.9. The van der Waals surface area contributed by atoms with Crippen molar-refractivity contribution in [3.63, 3.8) is 0 Å². The topological polar surface area (TPSA) is 85.4 Å². The summed E-state index contributed by atoms with van der Waals surface area (Å²) in [5, 5.41) is 8.48. The molecule has 218 valence electrons. The fraction of sp³-hybridized carbons (Fsp3) is 0.367. The van der Waals surface area contributed by atoms with Gasteiger partial charge in [-0.3, -0.25) is 20.0 Å². The average Bonchev–Trinajstić information content (AvgIpc) is 3.39. The molecule has 1 N–H and O–H groups in total. The van der Waals surface area contributed by atoms with Crippen molar-refractivity contribution < 1.29 is 18.6 Å². The Morgan fingerprint density at radius 3 is 2.54 bits per heavy atom. The number of pyridine rings is 2. The van der Waals surface area contributed by atoms with Crippen LogP contribution in [0, 0.1) is 0 Å². The zero-order chi connectivity index (χ0) is 29.2. The van der Waals surface area contributed by atoms with Gasteiger partial charge in [-0.1, -0.05) is 36.2 Å². The summed E-state index contributed by atoms with van der Waals surface area (Å²) in [5.41, 5.74) is 3.10. The van der Waals surface area contributed by atoms with E-state index in [0.717, 1.165) is 51.6 Å². The second-order valence-electron chi connectivity index (χ2n) is 9.51. The summed E-state index contributed by atoms with van der Waals surface area (Å²) >= 11 is 12.5. The molecule has 0 aliphatic carbocycles. The van der Waals surface area contributed by atoms with E-state index in [-0.39, 0.29) is 5.69 Å². The van der Waals surface area contributed by atoms with E-state index >= 15 is 4.39 Å². The fourth-order valence-electron chi connectivity index (χ4n) is 4.34. The number of aromatic nitrogens is 4. The van der Waals surface area contributed by atoms with Gasteiger partial charge in [-0.25, -0.2) is 4.39 Å². The van der Waals surface area contributed by atoms with Gasteiger partial charge in [0, 0.05) is 62.9 Å². The van der Waals surface area contributed by atoms with Gasteiger partial charge < -0.3 is 14.2 Å². The molecule has 1 aliphatic rings. The average molecular weight is 603 g/mol. The molecule has 0 bridgehead atoms. The van der Waals surface area contributed by atoms with Crippen molar-refractivity contribution in [2.24, 2.45) is 0 Å². The SMILES string of the molecule is CC(Oc1ccc2[nH]nc(/C(F)=C/c3ccc(CN4CCOCC4)nc3)c2c1)c1c(Cl)cncc1Cl.CCCOC. The van der Waals surface area contributed by atoms with E-state index in [0.29, 0.717) is 37.8 Å². The molecule has 4 aromatic rings. The lowest BCUT2D eigenvalue weighted by atomic mass is 10.1. The summed E-state index contributed by atoms with van der Waals surface area (Å²) in [4.78, 5) is 10.8. The Hall–Kier alpha value is -3.08. The lowest BCUT2D eigenvalue weighted by Gasteiger charge is -2.26. The van der Waals surface area contributed by atoms with E-state index in [1.54, 1.807) is 31.5 Å². The number of nitrogens with one attached hydrogen (secondary N) is 1. The summed E-state index contributed by atoms with van der Waals surface area (Å²) < 4.78 is 31.4. The van der Waals surface area contributed by atoms with E-state index in [1.165, 1.54) is 18.5 Å². The van der Waals surface area contributed by atoms with Crippen molar-refractivity contribution in [1.82, 2.24) is 25.1 Å². The van der Waals surface area contributed by atoms with E-state index in [2.05, 4.69) is 32.0 Å². The third-order valence-electron chi connectivity index (χ3n) is 6.41. The van der Waals surface area contributed by atoms with Crippen LogP contribution in [0.25, 0.3) is 22.8 Å². The number of ether oxygens (including phenoxy) is 3. The molecule has 4 heterocycles. The number of nitrogens with zero attached hydrogens (tertiary/aromatic N) is 4. The van der Waals surface area contributed by atoms with Gasteiger partial charge in [-0.15, -0.1) is 0 Å². The van der Waals surface area contributed by atoms with Gasteiger partial charge in [0.2, 0.25) is 0 Å². The van der Waals surface area contributed by atoms with Gasteiger partial charge >= 0.3 is 0 Å². The normalized spacial score (nSPS) is 14.9. The molecule has 41 heavy (non-hydrogen) atoms. The number of rotatable bonds is 9. The number of morpholine rings is 1. The molecule has 0 saturated carbocycles. The van der Waals surface area contributed by atoms with Crippen LogP contribution in [0.4, 0.5) is 4.39 Å². The largest absolute Gasteiger partial charge is 0.486 e. The van der Waals surface area contributed by atoms with Crippen LogP contribution in [0.1, 0.15) is 48.9 Å². The van der Waals surface area contributed by atoms with Gasteiger partial charge in [0.15, 0.2) is 5.83 Å². The zero-order valence-corrected chi connectivity index (χ0v) is 24.9. The van der Waals surface area contributed by atoms with E-state index in [1.807, 2.05) is 19.1 Å². The van der Waals surface area contributed by atoms with E-state index in [9.17, 15) is 0 Å². The van der Waals surface area contributed by atoms with Crippen LogP contribution in [0.5, 0.6) is 5.75 Å². The summed E-state index contributed by atoms with van der Waals surface area (Å²) in [6.07, 6.45) is 6.81. The Labute approximate surface area is 249 Å². The third-order valence-corrected chi connectivity index (χ3v) is 7.01. The van der Waals surface area contributed by atoms with Crippen molar-refractivity contribution in [3.8, 4) is 5.75 Å². The molecule has 1 aromatic carbocycles. The number of aromatic amines is 1. The van der Waals surface area contributed by atoms with Crippen LogP contribution in [0.2, 0.25) is 10.0 Å². The molecule has 1 fully saturated rings. The van der Waals surface area contributed by atoms with Gasteiger partial charge in [-0.2, -0.15) is 5.10 Å². The monoisotopic (exact) mass is 601 g/mol. The minimum absolute atomic E-state index is 0.195. The molecule has 3 aromatic heterocycles. The first-order valence-electron chi connectivity index (χ1n) is 13.4. The molecule has 11 heteroatoms. The maximum absolute atomic E-state index is 15.3. The van der Waals surface area contributed by atoms with Crippen molar-refractivity contribution in [3.05, 3.63) is 81.5 Å². The highest BCUT2D eigenvalue weighted by Gasteiger charge is 2.18. The number of hydrogen-bond acceptors (Lipinski definition) is 7. The molecular weight excluding hydrogens is 568 g/mol. The number of methoxy groups -OCH3 is 1. The number of H-pyrrole nitrogens is 1. The lowest BCUT2D eigenvalue weighted by molar-refractivity contribution is 0.0336. The number of fused-ring (bicyclic) bond motifs is 1. The zero-order valence-electron chi connectivity index (χ0n) is 23.4.